The molecule has 0 unspecified atom stereocenters. The molecule has 1 aromatic rings. The smallest absolute Gasteiger partial charge is 0.408 e. The molecule has 27 heavy (non-hydrogen) atoms. The number of nitrogens with one attached hydrogen (secondary N) is 1. The lowest BCUT2D eigenvalue weighted by atomic mass is 10.0. The number of amides is 1. The Balaban J connectivity index is 2.82. The Morgan fingerprint density at radius 1 is 1.15 bits per heavy atom. The van der Waals surface area contributed by atoms with Crippen LogP contribution in [0.2, 0.25) is 0 Å². The first kappa shape index (κ1) is 22.4. The summed E-state index contributed by atoms with van der Waals surface area (Å²) in [5, 5.41) is 11.7. The van der Waals surface area contributed by atoms with Crippen LogP contribution in [0.15, 0.2) is 24.3 Å². The molecule has 0 saturated heterocycles. The zero-order chi connectivity index (χ0) is 20.8. The predicted octanol–water partition coefficient (Wildman–Crippen LogP) is 2.91. The molecule has 8 heteroatoms. The van der Waals surface area contributed by atoms with E-state index in [4.69, 9.17) is 9.47 Å². The monoisotopic (exact) mass is 383 g/mol. The van der Waals surface area contributed by atoms with Crippen LogP contribution in [-0.2, 0) is 25.5 Å². The van der Waals surface area contributed by atoms with Gasteiger partial charge in [0.05, 0.1) is 0 Å². The molecule has 0 spiro atoms. The molecule has 0 aromatic heterocycles. The van der Waals surface area contributed by atoms with Crippen molar-refractivity contribution in [2.45, 2.75) is 58.8 Å². The Kier molecular flexibility index (Phi) is 7.75. The van der Waals surface area contributed by atoms with E-state index < -0.39 is 41.6 Å². The number of esters is 1. The maximum Gasteiger partial charge on any atom is 0.408 e. The van der Waals surface area contributed by atoms with Crippen LogP contribution in [0.5, 0.6) is 0 Å². The number of ether oxygens (including phenoxy) is 2. The second-order valence-electron chi connectivity index (χ2n) is 7.46. The normalized spacial score (nSPS) is 13.6. The van der Waals surface area contributed by atoms with E-state index in [-0.39, 0.29) is 12.3 Å². The van der Waals surface area contributed by atoms with E-state index in [0.717, 1.165) is 0 Å². The fourth-order valence-electron chi connectivity index (χ4n) is 2.16. The number of hydrogen-bond acceptors (Lipinski definition) is 5. The fraction of sp³-hybridized carbons (Fsp3) is 0.526. The summed E-state index contributed by atoms with van der Waals surface area (Å²) in [5.41, 5.74) is -0.250. The summed E-state index contributed by atoms with van der Waals surface area (Å²) in [6.07, 6.45) is -2.40. The van der Waals surface area contributed by atoms with Gasteiger partial charge in [-0.15, -0.1) is 0 Å². The predicted molar refractivity (Wildman–Crippen MR) is 95.6 cm³/mol. The first-order valence-corrected chi connectivity index (χ1v) is 8.56. The van der Waals surface area contributed by atoms with Crippen molar-refractivity contribution in [1.82, 2.24) is 5.32 Å². The molecule has 0 aliphatic heterocycles. The highest BCUT2D eigenvalue weighted by Gasteiger charge is 2.32. The number of carboxylic acids is 1. The van der Waals surface area contributed by atoms with Gasteiger partial charge in [0, 0.05) is 6.42 Å². The highest BCUT2D eigenvalue weighted by molar-refractivity contribution is 5.84. The summed E-state index contributed by atoms with van der Waals surface area (Å²) >= 11 is 0. The average molecular weight is 383 g/mol. The molecule has 7 nitrogen and oxygen atoms in total. The van der Waals surface area contributed by atoms with Crippen LogP contribution >= 0.6 is 0 Å². The van der Waals surface area contributed by atoms with E-state index in [1.165, 1.54) is 24.3 Å². The first-order valence-electron chi connectivity index (χ1n) is 8.56. The summed E-state index contributed by atoms with van der Waals surface area (Å²) in [7, 11) is 0. The molecule has 1 rings (SSSR count). The molecule has 2 N–H and O–H groups in total. The lowest BCUT2D eigenvalue weighted by Crippen LogP contribution is -2.48. The second kappa shape index (κ2) is 9.34. The van der Waals surface area contributed by atoms with Gasteiger partial charge in [0.15, 0.2) is 0 Å². The number of benzene rings is 1. The lowest BCUT2D eigenvalue weighted by Gasteiger charge is -2.25. The van der Waals surface area contributed by atoms with Crippen LogP contribution in [0.3, 0.4) is 0 Å². The third-order valence-electron chi connectivity index (χ3n) is 3.46. The van der Waals surface area contributed by atoms with Gasteiger partial charge in [-0.05, 0) is 44.4 Å². The molecule has 0 aliphatic rings. The number of rotatable bonds is 7. The van der Waals surface area contributed by atoms with E-state index >= 15 is 0 Å². The van der Waals surface area contributed by atoms with E-state index in [1.807, 2.05) is 0 Å². The van der Waals surface area contributed by atoms with Crippen molar-refractivity contribution in [3.63, 3.8) is 0 Å². The number of halogens is 1. The standard InChI is InChI=1S/C19H26FNO6/c1-11(2)15(21-18(25)27-19(3,4)5)17(24)26-14(16(22)23)10-12-6-8-13(20)9-7-12/h6-9,11,14-15H,10H2,1-5H3,(H,21,25)(H,22,23)/t14-,15-/m0/s1. The fourth-order valence-corrected chi connectivity index (χ4v) is 2.16. The topological polar surface area (TPSA) is 102 Å². The van der Waals surface area contributed by atoms with Crippen molar-refractivity contribution in [3.8, 4) is 0 Å². The number of aliphatic carboxylic acids is 1. The molecule has 1 aromatic carbocycles. The Labute approximate surface area is 157 Å². The largest absolute Gasteiger partial charge is 0.478 e. The van der Waals surface area contributed by atoms with Gasteiger partial charge in [-0.2, -0.15) is 0 Å². The Morgan fingerprint density at radius 3 is 2.15 bits per heavy atom. The highest BCUT2D eigenvalue weighted by Crippen LogP contribution is 2.13. The molecule has 0 radical (unpaired) electrons. The van der Waals surface area contributed by atoms with Crippen molar-refractivity contribution < 1.29 is 33.4 Å². The van der Waals surface area contributed by atoms with Crippen molar-refractivity contribution >= 4 is 18.0 Å². The third-order valence-corrected chi connectivity index (χ3v) is 3.46. The molecule has 0 bridgehead atoms. The van der Waals surface area contributed by atoms with E-state index in [1.54, 1.807) is 34.6 Å². The summed E-state index contributed by atoms with van der Waals surface area (Å²) in [4.78, 5) is 35.8. The molecular weight excluding hydrogens is 357 g/mol. The van der Waals surface area contributed by atoms with Gasteiger partial charge in [-0.3, -0.25) is 0 Å². The van der Waals surface area contributed by atoms with Crippen molar-refractivity contribution in [2.75, 3.05) is 0 Å². The number of hydrogen-bond donors (Lipinski definition) is 2. The van der Waals surface area contributed by atoms with Crippen LogP contribution in [0.1, 0.15) is 40.2 Å². The zero-order valence-corrected chi connectivity index (χ0v) is 16.1. The average Bonchev–Trinajstić information content (AvgIpc) is 2.51. The summed E-state index contributed by atoms with van der Waals surface area (Å²) in [6, 6.07) is 4.14. The molecule has 0 fully saturated rings. The minimum atomic E-state index is -1.47. The van der Waals surface area contributed by atoms with Crippen LogP contribution < -0.4 is 5.32 Å². The Bertz CT molecular complexity index is 666. The van der Waals surface area contributed by atoms with Gasteiger partial charge in [-0.25, -0.2) is 18.8 Å². The maximum absolute atomic E-state index is 13.0. The van der Waals surface area contributed by atoms with Crippen LogP contribution in [0.25, 0.3) is 0 Å². The lowest BCUT2D eigenvalue weighted by molar-refractivity contribution is -0.166. The van der Waals surface area contributed by atoms with Gasteiger partial charge in [0.1, 0.15) is 17.5 Å². The summed E-state index contributed by atoms with van der Waals surface area (Å²) in [5.74, 6) is -3.04. The van der Waals surface area contributed by atoms with Gasteiger partial charge in [0.2, 0.25) is 6.10 Å². The number of alkyl carbamates (subject to hydrolysis) is 1. The van der Waals surface area contributed by atoms with E-state index in [2.05, 4.69) is 5.32 Å². The van der Waals surface area contributed by atoms with Gasteiger partial charge in [0.25, 0.3) is 0 Å². The highest BCUT2D eigenvalue weighted by atomic mass is 19.1. The van der Waals surface area contributed by atoms with Gasteiger partial charge in [-0.1, -0.05) is 26.0 Å². The molecule has 150 valence electrons. The van der Waals surface area contributed by atoms with Crippen molar-refractivity contribution in [3.05, 3.63) is 35.6 Å². The SMILES string of the molecule is CC(C)[C@H](NC(=O)OC(C)(C)C)C(=O)O[C@@H](Cc1ccc(F)cc1)C(=O)O. The molecule has 0 saturated carbocycles. The minimum Gasteiger partial charge on any atom is -0.478 e. The molecule has 2 atom stereocenters. The zero-order valence-electron chi connectivity index (χ0n) is 16.1. The number of carbonyl (C=O) groups excluding carboxylic acids is 2. The second-order valence-corrected chi connectivity index (χ2v) is 7.46. The third kappa shape index (κ3) is 8.06. The van der Waals surface area contributed by atoms with Crippen molar-refractivity contribution in [2.24, 2.45) is 5.92 Å². The Hall–Kier alpha value is -2.64. The summed E-state index contributed by atoms with van der Waals surface area (Å²) in [6.45, 7) is 8.40. The van der Waals surface area contributed by atoms with Crippen LogP contribution in [0.4, 0.5) is 9.18 Å². The molecule has 0 heterocycles. The van der Waals surface area contributed by atoms with E-state index in [0.29, 0.717) is 5.56 Å². The maximum atomic E-state index is 13.0. The van der Waals surface area contributed by atoms with Crippen LogP contribution in [-0.4, -0.2) is 40.9 Å². The molecule has 1 amide bonds. The first-order chi connectivity index (χ1) is 12.4. The van der Waals surface area contributed by atoms with Crippen LogP contribution in [0, 0.1) is 11.7 Å². The minimum absolute atomic E-state index is 0.126. The number of carboxylic acid groups (broad SMARTS) is 1. The van der Waals surface area contributed by atoms with Crippen molar-refractivity contribution in [1.29, 1.82) is 0 Å². The van der Waals surface area contributed by atoms with Gasteiger partial charge < -0.3 is 19.9 Å². The van der Waals surface area contributed by atoms with Gasteiger partial charge >= 0.3 is 18.0 Å². The Morgan fingerprint density at radius 2 is 1.70 bits per heavy atom. The van der Waals surface area contributed by atoms with E-state index in [9.17, 15) is 23.9 Å². The summed E-state index contributed by atoms with van der Waals surface area (Å²) < 4.78 is 23.2. The molecular formula is C19H26FNO6. The molecule has 0 aliphatic carbocycles. The quantitative estimate of drug-likeness (QED) is 0.702. The number of carbonyl (C=O) groups is 3.